The zero-order valence-electron chi connectivity index (χ0n) is 17.3. The fourth-order valence-electron chi connectivity index (χ4n) is 3.34. The number of halogens is 1. The largest absolute Gasteiger partial charge is 0.493 e. The van der Waals surface area contributed by atoms with Crippen molar-refractivity contribution in [3.05, 3.63) is 51.5 Å². The molecule has 1 aliphatic heterocycles. The summed E-state index contributed by atoms with van der Waals surface area (Å²) in [5, 5.41) is 10.7. The number of carbonyl (C=O) groups is 1. The molecule has 0 bridgehead atoms. The monoisotopic (exact) mass is 484 g/mol. The molecule has 0 amide bonds. The number of nitro benzene ring substituents is 1. The van der Waals surface area contributed by atoms with Gasteiger partial charge in [-0.05, 0) is 31.0 Å². The third kappa shape index (κ3) is 4.95. The van der Waals surface area contributed by atoms with Gasteiger partial charge in [0.15, 0.2) is 11.5 Å². The SMILES string of the molecule is COc1ccc(S(=O)(=O)N2CCC(C(=O)Oc3ccc([N+](=O)[O-])cc3Cl)CC2)cc1OC. The number of carbonyl (C=O) groups excluding carboxylic acids is 1. The number of hydrogen-bond donors (Lipinski definition) is 0. The van der Waals surface area contributed by atoms with Crippen LogP contribution < -0.4 is 14.2 Å². The van der Waals surface area contributed by atoms with Crippen molar-refractivity contribution >= 4 is 33.3 Å². The van der Waals surface area contributed by atoms with Crippen LogP contribution in [-0.4, -0.2) is 50.9 Å². The maximum atomic E-state index is 13.0. The Kier molecular flexibility index (Phi) is 7.22. The number of benzene rings is 2. The maximum absolute atomic E-state index is 13.0. The fourth-order valence-corrected chi connectivity index (χ4v) is 5.03. The minimum absolute atomic E-state index is 0.0163. The summed E-state index contributed by atoms with van der Waals surface area (Å²) >= 11 is 5.97. The topological polar surface area (TPSA) is 125 Å². The third-order valence-corrected chi connectivity index (χ3v) is 7.31. The molecule has 0 aliphatic carbocycles. The second-order valence-electron chi connectivity index (χ2n) is 6.99. The molecule has 2 aromatic carbocycles. The second-order valence-corrected chi connectivity index (χ2v) is 9.33. The minimum Gasteiger partial charge on any atom is -0.493 e. The first-order valence-electron chi connectivity index (χ1n) is 9.55. The van der Waals surface area contributed by atoms with Crippen LogP contribution >= 0.6 is 11.6 Å². The molecule has 0 aromatic heterocycles. The van der Waals surface area contributed by atoms with E-state index in [1.807, 2.05) is 0 Å². The lowest BCUT2D eigenvalue weighted by molar-refractivity contribution is -0.384. The van der Waals surface area contributed by atoms with E-state index in [1.165, 1.54) is 48.9 Å². The highest BCUT2D eigenvalue weighted by Gasteiger charge is 2.33. The molecule has 0 saturated carbocycles. The zero-order valence-corrected chi connectivity index (χ0v) is 18.9. The summed E-state index contributed by atoms with van der Waals surface area (Å²) in [6.07, 6.45) is 0.520. The first-order valence-corrected chi connectivity index (χ1v) is 11.4. The van der Waals surface area contributed by atoms with Gasteiger partial charge in [0.2, 0.25) is 10.0 Å². The number of methoxy groups -OCH3 is 2. The molecule has 12 heteroatoms. The number of hydrogen-bond acceptors (Lipinski definition) is 8. The lowest BCUT2D eigenvalue weighted by Crippen LogP contribution is -2.41. The summed E-state index contributed by atoms with van der Waals surface area (Å²) in [5.41, 5.74) is -0.219. The molecule has 0 atom stereocenters. The van der Waals surface area contributed by atoms with Crippen LogP contribution in [0.15, 0.2) is 41.3 Å². The van der Waals surface area contributed by atoms with Crippen molar-refractivity contribution in [2.45, 2.75) is 17.7 Å². The van der Waals surface area contributed by atoms with Crippen LogP contribution in [0.4, 0.5) is 5.69 Å². The summed E-state index contributed by atoms with van der Waals surface area (Å²) in [6, 6.07) is 7.90. The summed E-state index contributed by atoms with van der Waals surface area (Å²) < 4.78 is 42.9. The molecule has 1 saturated heterocycles. The number of ether oxygens (including phenoxy) is 3. The summed E-state index contributed by atoms with van der Waals surface area (Å²) in [5.74, 6) is -0.366. The molecule has 1 aliphatic rings. The number of esters is 1. The molecule has 0 N–H and O–H groups in total. The summed E-state index contributed by atoms with van der Waals surface area (Å²) in [7, 11) is -0.909. The number of rotatable bonds is 7. The van der Waals surface area contributed by atoms with Crippen LogP contribution in [0.5, 0.6) is 17.2 Å². The molecule has 0 spiro atoms. The summed E-state index contributed by atoms with van der Waals surface area (Å²) in [4.78, 5) is 22.8. The van der Waals surface area contributed by atoms with E-state index in [1.54, 1.807) is 0 Å². The van der Waals surface area contributed by atoms with Gasteiger partial charge in [-0.15, -0.1) is 0 Å². The standard InChI is InChI=1S/C20H21ClN2O8S/c1-29-18-6-4-15(12-19(18)30-2)32(27,28)22-9-7-13(8-10-22)20(24)31-17-5-3-14(23(25)26)11-16(17)21/h3-6,11-13H,7-10H2,1-2H3. The molecule has 1 heterocycles. The molecule has 1 fully saturated rings. The van der Waals surface area contributed by atoms with Gasteiger partial charge in [0.25, 0.3) is 5.69 Å². The molecule has 10 nitrogen and oxygen atoms in total. The Bertz CT molecular complexity index is 1130. The van der Waals surface area contributed by atoms with Crippen molar-refractivity contribution in [3.8, 4) is 17.2 Å². The predicted octanol–water partition coefficient (Wildman–Crippen LogP) is 3.27. The fraction of sp³-hybridized carbons (Fsp3) is 0.350. The first-order chi connectivity index (χ1) is 15.2. The first kappa shape index (κ1) is 23.8. The highest BCUT2D eigenvalue weighted by Crippen LogP contribution is 2.33. The van der Waals surface area contributed by atoms with Crippen LogP contribution in [0.2, 0.25) is 5.02 Å². The van der Waals surface area contributed by atoms with Crippen molar-refractivity contribution in [2.75, 3.05) is 27.3 Å². The van der Waals surface area contributed by atoms with Crippen molar-refractivity contribution in [3.63, 3.8) is 0 Å². The highest BCUT2D eigenvalue weighted by molar-refractivity contribution is 7.89. The quantitative estimate of drug-likeness (QED) is 0.254. The van der Waals surface area contributed by atoms with E-state index in [4.69, 9.17) is 25.8 Å². The molecule has 3 rings (SSSR count). The van der Waals surface area contributed by atoms with Gasteiger partial charge in [-0.25, -0.2) is 8.42 Å². The van der Waals surface area contributed by atoms with Crippen LogP contribution in [0, 0.1) is 16.0 Å². The summed E-state index contributed by atoms with van der Waals surface area (Å²) in [6.45, 7) is 0.259. The lowest BCUT2D eigenvalue weighted by Gasteiger charge is -2.30. The third-order valence-electron chi connectivity index (χ3n) is 5.12. The Morgan fingerprint density at radius 1 is 1.06 bits per heavy atom. The molecule has 2 aromatic rings. The van der Waals surface area contributed by atoms with Crippen LogP contribution in [0.3, 0.4) is 0 Å². The number of nitrogens with zero attached hydrogens (tertiary/aromatic N) is 2. The van der Waals surface area contributed by atoms with Crippen LogP contribution in [-0.2, 0) is 14.8 Å². The smallest absolute Gasteiger partial charge is 0.314 e. The Balaban J connectivity index is 1.65. The van der Waals surface area contributed by atoms with Gasteiger partial charge in [0, 0.05) is 31.3 Å². The van der Waals surface area contributed by atoms with E-state index in [2.05, 4.69) is 0 Å². The van der Waals surface area contributed by atoms with E-state index in [0.29, 0.717) is 11.5 Å². The van der Waals surface area contributed by atoms with Gasteiger partial charge in [0.1, 0.15) is 5.75 Å². The molecular formula is C20H21ClN2O8S. The van der Waals surface area contributed by atoms with Gasteiger partial charge >= 0.3 is 5.97 Å². The van der Waals surface area contributed by atoms with Gasteiger partial charge in [-0.3, -0.25) is 14.9 Å². The maximum Gasteiger partial charge on any atom is 0.314 e. The average Bonchev–Trinajstić information content (AvgIpc) is 2.79. The molecule has 172 valence electrons. The van der Waals surface area contributed by atoms with Gasteiger partial charge in [0.05, 0.1) is 35.0 Å². The van der Waals surface area contributed by atoms with Crippen LogP contribution in [0.1, 0.15) is 12.8 Å². The predicted molar refractivity (Wildman–Crippen MR) is 115 cm³/mol. The van der Waals surface area contributed by atoms with Gasteiger partial charge in [-0.2, -0.15) is 4.31 Å². The highest BCUT2D eigenvalue weighted by atomic mass is 35.5. The minimum atomic E-state index is -3.79. The Morgan fingerprint density at radius 2 is 1.69 bits per heavy atom. The molecule has 0 radical (unpaired) electrons. The Hall–Kier alpha value is -2.89. The lowest BCUT2D eigenvalue weighted by atomic mass is 9.98. The normalized spacial score (nSPS) is 15.2. The van der Waals surface area contributed by atoms with E-state index in [9.17, 15) is 23.3 Å². The second kappa shape index (κ2) is 9.72. The van der Waals surface area contributed by atoms with Gasteiger partial charge < -0.3 is 14.2 Å². The van der Waals surface area contributed by atoms with E-state index in [-0.39, 0.29) is 47.3 Å². The van der Waals surface area contributed by atoms with Crippen molar-refractivity contribution in [1.82, 2.24) is 4.31 Å². The van der Waals surface area contributed by atoms with Crippen molar-refractivity contribution in [1.29, 1.82) is 0 Å². The van der Waals surface area contributed by atoms with E-state index >= 15 is 0 Å². The molecule has 0 unspecified atom stereocenters. The zero-order chi connectivity index (χ0) is 23.5. The molecular weight excluding hydrogens is 464 g/mol. The van der Waals surface area contributed by atoms with E-state index < -0.39 is 26.8 Å². The van der Waals surface area contributed by atoms with Crippen molar-refractivity contribution < 1.29 is 32.3 Å². The molecule has 32 heavy (non-hydrogen) atoms. The Labute approximate surface area is 189 Å². The van der Waals surface area contributed by atoms with Gasteiger partial charge in [-0.1, -0.05) is 11.6 Å². The van der Waals surface area contributed by atoms with Crippen molar-refractivity contribution in [2.24, 2.45) is 5.92 Å². The number of piperidine rings is 1. The van der Waals surface area contributed by atoms with E-state index in [0.717, 1.165) is 6.07 Å². The number of sulfonamides is 1. The average molecular weight is 485 g/mol. The number of non-ortho nitro benzene ring substituents is 1. The Morgan fingerprint density at radius 3 is 2.25 bits per heavy atom. The number of nitro groups is 1. The van der Waals surface area contributed by atoms with Crippen LogP contribution in [0.25, 0.3) is 0 Å².